The summed E-state index contributed by atoms with van der Waals surface area (Å²) in [6.07, 6.45) is 7.32. The quantitative estimate of drug-likeness (QED) is 0.291. The molecule has 0 bridgehead atoms. The van der Waals surface area contributed by atoms with Crippen LogP contribution in [0.15, 0.2) is 109 Å². The van der Waals surface area contributed by atoms with Crippen LogP contribution in [0.2, 0.25) is 0 Å². The molecule has 0 saturated carbocycles. The average Bonchev–Trinajstić information content (AvgIpc) is 3.52. The minimum atomic E-state index is -0.539. The van der Waals surface area contributed by atoms with Gasteiger partial charge in [0.2, 0.25) is 0 Å². The number of carbonyl (C=O) groups excluding carboxylic acids is 2. The molecular weight excluding hydrogens is 505 g/mol. The first-order valence-corrected chi connectivity index (χ1v) is 13.1. The van der Waals surface area contributed by atoms with E-state index in [-0.39, 0.29) is 23.7 Å². The smallest absolute Gasteiger partial charge is 0.256 e. The highest BCUT2D eigenvalue weighted by Gasteiger charge is 2.44. The molecule has 2 amide bonds. The van der Waals surface area contributed by atoms with Crippen molar-refractivity contribution in [3.05, 3.63) is 126 Å². The highest BCUT2D eigenvalue weighted by molar-refractivity contribution is 6.14. The van der Waals surface area contributed by atoms with E-state index in [1.165, 1.54) is 18.3 Å². The number of aromatic nitrogens is 3. The van der Waals surface area contributed by atoms with E-state index < -0.39 is 6.04 Å². The molecule has 2 aromatic heterocycles. The van der Waals surface area contributed by atoms with Crippen molar-refractivity contribution in [3.8, 4) is 5.69 Å². The maximum Gasteiger partial charge on any atom is 0.256 e. The zero-order chi connectivity index (χ0) is 27.6. The molecular formula is C32H26FN5O2. The van der Waals surface area contributed by atoms with Crippen LogP contribution >= 0.6 is 0 Å². The van der Waals surface area contributed by atoms with E-state index in [1.807, 2.05) is 61.5 Å². The van der Waals surface area contributed by atoms with Gasteiger partial charge in [0.15, 0.2) is 0 Å². The Hall–Kier alpha value is -5.11. The van der Waals surface area contributed by atoms with Gasteiger partial charge in [-0.05, 0) is 72.7 Å². The lowest BCUT2D eigenvalue weighted by Gasteiger charge is -2.27. The molecule has 6 rings (SSSR count). The van der Waals surface area contributed by atoms with Gasteiger partial charge < -0.3 is 10.2 Å². The number of hydrogen-bond donors (Lipinski definition) is 1. The van der Waals surface area contributed by atoms with Gasteiger partial charge in [0.25, 0.3) is 11.8 Å². The van der Waals surface area contributed by atoms with Gasteiger partial charge in [-0.1, -0.05) is 37.3 Å². The normalized spacial score (nSPS) is 18.0. The van der Waals surface area contributed by atoms with Crippen LogP contribution in [0.25, 0.3) is 22.7 Å². The molecule has 40 heavy (non-hydrogen) atoms. The molecule has 1 aliphatic rings. The molecule has 2 atom stereocenters. The Kier molecular flexibility index (Phi) is 6.66. The molecule has 8 heteroatoms. The Morgan fingerprint density at radius 3 is 2.48 bits per heavy atom. The van der Waals surface area contributed by atoms with E-state index in [4.69, 9.17) is 0 Å². The van der Waals surface area contributed by atoms with Gasteiger partial charge in [0, 0.05) is 29.0 Å². The van der Waals surface area contributed by atoms with Crippen LogP contribution in [0.5, 0.6) is 0 Å². The number of carbonyl (C=O) groups is 2. The fourth-order valence-electron chi connectivity index (χ4n) is 5.24. The predicted molar refractivity (Wildman–Crippen MR) is 153 cm³/mol. The summed E-state index contributed by atoms with van der Waals surface area (Å²) < 4.78 is 15.2. The van der Waals surface area contributed by atoms with Gasteiger partial charge in [-0.15, -0.1) is 0 Å². The van der Waals surface area contributed by atoms with Crippen LogP contribution in [-0.4, -0.2) is 38.7 Å². The van der Waals surface area contributed by atoms with Crippen molar-refractivity contribution >= 4 is 34.5 Å². The third-order valence-corrected chi connectivity index (χ3v) is 7.17. The molecule has 3 aromatic carbocycles. The van der Waals surface area contributed by atoms with Gasteiger partial charge in [-0.25, -0.2) is 9.07 Å². The second kappa shape index (κ2) is 10.6. The zero-order valence-corrected chi connectivity index (χ0v) is 21.7. The maximum absolute atomic E-state index is 14.0. The van der Waals surface area contributed by atoms with Crippen molar-refractivity contribution < 1.29 is 14.0 Å². The molecule has 1 saturated heterocycles. The van der Waals surface area contributed by atoms with Crippen LogP contribution in [0.1, 0.15) is 29.3 Å². The van der Waals surface area contributed by atoms with E-state index in [9.17, 15) is 14.0 Å². The summed E-state index contributed by atoms with van der Waals surface area (Å²) in [5.41, 5.74) is 4.09. The molecule has 3 heterocycles. The maximum atomic E-state index is 14.0. The first kappa shape index (κ1) is 25.2. The van der Waals surface area contributed by atoms with Crippen molar-refractivity contribution in [3.63, 3.8) is 0 Å². The summed E-state index contributed by atoms with van der Waals surface area (Å²) in [4.78, 5) is 33.1. The Balaban J connectivity index is 1.40. The zero-order valence-electron chi connectivity index (χ0n) is 21.7. The first-order valence-electron chi connectivity index (χ1n) is 13.1. The van der Waals surface area contributed by atoms with Crippen molar-refractivity contribution in [1.29, 1.82) is 0 Å². The summed E-state index contributed by atoms with van der Waals surface area (Å²) in [7, 11) is 0. The molecule has 1 aliphatic heterocycles. The number of nitrogens with one attached hydrogen (secondary N) is 1. The van der Waals surface area contributed by atoms with Crippen molar-refractivity contribution in [2.45, 2.75) is 25.4 Å². The lowest BCUT2D eigenvalue weighted by atomic mass is 9.99. The first-order chi connectivity index (χ1) is 19.5. The molecule has 1 unspecified atom stereocenters. The molecule has 198 valence electrons. The largest absolute Gasteiger partial charge is 0.343 e. The van der Waals surface area contributed by atoms with E-state index in [1.54, 1.807) is 46.2 Å². The summed E-state index contributed by atoms with van der Waals surface area (Å²) in [5.74, 6) is -0.774. The van der Waals surface area contributed by atoms with E-state index in [0.29, 0.717) is 23.2 Å². The third-order valence-electron chi connectivity index (χ3n) is 7.17. The second-order valence-corrected chi connectivity index (χ2v) is 9.63. The van der Waals surface area contributed by atoms with E-state index in [0.717, 1.165) is 22.2 Å². The van der Waals surface area contributed by atoms with Gasteiger partial charge in [0.05, 0.1) is 35.0 Å². The number of rotatable bonds is 6. The number of pyridine rings is 1. The van der Waals surface area contributed by atoms with Crippen LogP contribution in [-0.2, 0) is 4.79 Å². The number of nitrogens with zero attached hydrogens (tertiary/aromatic N) is 4. The lowest BCUT2D eigenvalue weighted by molar-refractivity contribution is -0.114. The van der Waals surface area contributed by atoms with E-state index >= 15 is 0 Å². The van der Waals surface area contributed by atoms with Gasteiger partial charge in [-0.3, -0.25) is 14.6 Å². The summed E-state index contributed by atoms with van der Waals surface area (Å²) in [6.45, 7) is 2.00. The average molecular weight is 532 g/mol. The lowest BCUT2D eigenvalue weighted by Crippen LogP contribution is -2.45. The molecule has 5 aromatic rings. The molecule has 0 radical (unpaired) electrons. The van der Waals surface area contributed by atoms with Gasteiger partial charge >= 0.3 is 0 Å². The number of benzene rings is 3. The topological polar surface area (TPSA) is 80.1 Å². The minimum Gasteiger partial charge on any atom is -0.343 e. The standard InChI is InChI=1S/C32H26FN5O2/c1-2-28-30(36-31(39)22-9-6-16-34-19-22)27(17-21-7-4-3-5-8-21)32(40)37(28)26-14-15-29-23(18-26)20-35-38(29)25-12-10-24(33)11-13-25/h3-20,28,30H,2H2,1H3,(H,36,39)/b27-17-/t28?,30-/m0/s1. The number of anilines is 1. The van der Waals surface area contributed by atoms with E-state index in [2.05, 4.69) is 15.4 Å². The number of halogens is 1. The fraction of sp³-hybridized carbons (Fsp3) is 0.125. The monoisotopic (exact) mass is 531 g/mol. The third kappa shape index (κ3) is 4.64. The molecule has 0 aliphatic carbocycles. The Morgan fingerprint density at radius 2 is 1.75 bits per heavy atom. The fourth-order valence-corrected chi connectivity index (χ4v) is 5.24. The Morgan fingerprint density at radius 1 is 0.975 bits per heavy atom. The SMILES string of the molecule is CCC1[C@@H](NC(=O)c2cccnc2)/C(=C/c2ccccc2)C(=O)N1c1ccc2c(cnn2-c2ccc(F)cc2)c1. The van der Waals surface area contributed by atoms with Crippen molar-refractivity contribution in [2.24, 2.45) is 0 Å². The van der Waals surface area contributed by atoms with Gasteiger partial charge in [0.1, 0.15) is 5.82 Å². The summed E-state index contributed by atoms with van der Waals surface area (Å²) >= 11 is 0. The highest BCUT2D eigenvalue weighted by atomic mass is 19.1. The van der Waals surface area contributed by atoms with Crippen molar-refractivity contribution in [1.82, 2.24) is 20.1 Å². The number of hydrogen-bond acceptors (Lipinski definition) is 4. The summed E-state index contributed by atoms with van der Waals surface area (Å²) in [6, 6.07) is 24.0. The Labute approximate surface area is 230 Å². The molecule has 0 spiro atoms. The van der Waals surface area contributed by atoms with Crippen molar-refractivity contribution in [2.75, 3.05) is 4.90 Å². The highest BCUT2D eigenvalue weighted by Crippen LogP contribution is 2.35. The number of fused-ring (bicyclic) bond motifs is 1. The number of amides is 2. The molecule has 1 N–H and O–H groups in total. The van der Waals surface area contributed by atoms with Gasteiger partial charge in [-0.2, -0.15) is 5.10 Å². The van der Waals surface area contributed by atoms with Crippen LogP contribution in [0, 0.1) is 5.82 Å². The van der Waals surface area contributed by atoms with Crippen LogP contribution < -0.4 is 10.2 Å². The minimum absolute atomic E-state index is 0.169. The Bertz CT molecular complexity index is 1720. The summed E-state index contributed by atoms with van der Waals surface area (Å²) in [5, 5.41) is 8.44. The molecule has 1 fully saturated rings. The predicted octanol–water partition coefficient (Wildman–Crippen LogP) is 5.57. The second-order valence-electron chi connectivity index (χ2n) is 9.63. The van der Waals surface area contributed by atoms with Crippen LogP contribution in [0.4, 0.5) is 10.1 Å². The van der Waals surface area contributed by atoms with Crippen LogP contribution in [0.3, 0.4) is 0 Å². The molecule has 7 nitrogen and oxygen atoms in total.